The van der Waals surface area contributed by atoms with Gasteiger partial charge in [0.15, 0.2) is 0 Å². The van der Waals surface area contributed by atoms with E-state index in [0.717, 1.165) is 43.1 Å². The normalized spacial score (nSPS) is 30.3. The van der Waals surface area contributed by atoms with Gasteiger partial charge in [-0.2, -0.15) is 0 Å². The van der Waals surface area contributed by atoms with E-state index in [1.165, 1.54) is 0 Å². The van der Waals surface area contributed by atoms with Gasteiger partial charge in [0.2, 0.25) is 0 Å². The van der Waals surface area contributed by atoms with E-state index in [2.05, 4.69) is 0 Å². The van der Waals surface area contributed by atoms with E-state index in [4.69, 9.17) is 14.2 Å². The summed E-state index contributed by atoms with van der Waals surface area (Å²) in [5, 5.41) is 10.3. The van der Waals surface area contributed by atoms with Gasteiger partial charge in [0.1, 0.15) is 17.6 Å². The molecule has 2 aliphatic rings. The molecule has 4 heteroatoms. The summed E-state index contributed by atoms with van der Waals surface area (Å²) in [4.78, 5) is 0. The Labute approximate surface area is 113 Å². The van der Waals surface area contributed by atoms with Crippen LogP contribution < -0.4 is 9.47 Å². The van der Waals surface area contributed by atoms with Gasteiger partial charge in [0.05, 0.1) is 19.8 Å². The van der Waals surface area contributed by atoms with Gasteiger partial charge in [-0.05, 0) is 31.0 Å². The summed E-state index contributed by atoms with van der Waals surface area (Å²) in [5.74, 6) is 1.91. The SMILES string of the molecule is COc1ccc2c(c1)C(O)CC(C1CCCOC1)O2. The average Bonchev–Trinajstić information content (AvgIpc) is 2.48. The van der Waals surface area contributed by atoms with Crippen LogP contribution in [0.2, 0.25) is 0 Å². The first-order chi connectivity index (χ1) is 9.28. The van der Waals surface area contributed by atoms with Crippen LogP contribution >= 0.6 is 0 Å². The molecule has 1 saturated heterocycles. The number of rotatable bonds is 2. The highest BCUT2D eigenvalue weighted by atomic mass is 16.5. The van der Waals surface area contributed by atoms with E-state index >= 15 is 0 Å². The summed E-state index contributed by atoms with van der Waals surface area (Å²) in [6, 6.07) is 5.60. The van der Waals surface area contributed by atoms with Crippen LogP contribution in [0.25, 0.3) is 0 Å². The minimum absolute atomic E-state index is 0.0520. The number of hydrogen-bond acceptors (Lipinski definition) is 4. The zero-order chi connectivity index (χ0) is 13.2. The topological polar surface area (TPSA) is 47.9 Å². The van der Waals surface area contributed by atoms with Crippen molar-refractivity contribution in [3.05, 3.63) is 23.8 Å². The maximum absolute atomic E-state index is 10.3. The van der Waals surface area contributed by atoms with E-state index in [-0.39, 0.29) is 6.10 Å². The Bertz CT molecular complexity index is 440. The first-order valence-electron chi connectivity index (χ1n) is 6.88. The average molecular weight is 264 g/mol. The lowest BCUT2D eigenvalue weighted by molar-refractivity contribution is -0.0286. The monoisotopic (exact) mass is 264 g/mol. The highest BCUT2D eigenvalue weighted by Crippen LogP contribution is 2.40. The third kappa shape index (κ3) is 2.55. The minimum Gasteiger partial charge on any atom is -0.497 e. The summed E-state index contributed by atoms with van der Waals surface area (Å²) in [7, 11) is 1.62. The van der Waals surface area contributed by atoms with E-state index in [1.807, 2.05) is 18.2 Å². The Balaban J connectivity index is 1.79. The number of methoxy groups -OCH3 is 1. The van der Waals surface area contributed by atoms with Crippen molar-refractivity contribution in [2.45, 2.75) is 31.5 Å². The van der Waals surface area contributed by atoms with Crippen molar-refractivity contribution < 1.29 is 19.3 Å². The molecule has 0 spiro atoms. The summed E-state index contributed by atoms with van der Waals surface area (Å²) >= 11 is 0. The van der Waals surface area contributed by atoms with Gasteiger partial charge < -0.3 is 19.3 Å². The van der Waals surface area contributed by atoms with Gasteiger partial charge in [-0.15, -0.1) is 0 Å². The fourth-order valence-electron chi connectivity index (χ4n) is 2.93. The molecule has 1 aromatic carbocycles. The Morgan fingerprint density at radius 3 is 3.00 bits per heavy atom. The van der Waals surface area contributed by atoms with Crippen LogP contribution in [0, 0.1) is 5.92 Å². The third-order valence-corrected chi connectivity index (χ3v) is 4.03. The van der Waals surface area contributed by atoms with Gasteiger partial charge in [-0.3, -0.25) is 0 Å². The van der Waals surface area contributed by atoms with Gasteiger partial charge in [0, 0.05) is 24.5 Å². The zero-order valence-electron chi connectivity index (χ0n) is 11.2. The predicted octanol–water partition coefficient (Wildman–Crippen LogP) is 2.31. The van der Waals surface area contributed by atoms with Crippen molar-refractivity contribution in [3.63, 3.8) is 0 Å². The van der Waals surface area contributed by atoms with E-state index in [1.54, 1.807) is 7.11 Å². The molecule has 104 valence electrons. The first kappa shape index (κ1) is 12.8. The molecule has 0 saturated carbocycles. The molecular weight excluding hydrogens is 244 g/mol. The largest absolute Gasteiger partial charge is 0.497 e. The van der Waals surface area contributed by atoms with Crippen LogP contribution in [0.4, 0.5) is 0 Å². The van der Waals surface area contributed by atoms with Crippen molar-refractivity contribution in [3.8, 4) is 11.5 Å². The molecule has 0 amide bonds. The summed E-state index contributed by atoms with van der Waals surface area (Å²) in [6.07, 6.45) is 2.40. The second-order valence-electron chi connectivity index (χ2n) is 5.29. The maximum Gasteiger partial charge on any atom is 0.125 e. The van der Waals surface area contributed by atoms with Gasteiger partial charge in [0.25, 0.3) is 0 Å². The lowest BCUT2D eigenvalue weighted by Crippen LogP contribution is -2.37. The smallest absolute Gasteiger partial charge is 0.125 e. The molecule has 3 unspecified atom stereocenters. The van der Waals surface area contributed by atoms with E-state index in [9.17, 15) is 5.11 Å². The molecule has 0 aromatic heterocycles. The number of benzene rings is 1. The second kappa shape index (κ2) is 5.39. The Morgan fingerprint density at radius 1 is 1.37 bits per heavy atom. The molecular formula is C15H20O4. The third-order valence-electron chi connectivity index (χ3n) is 4.03. The van der Waals surface area contributed by atoms with Crippen LogP contribution in [-0.4, -0.2) is 31.5 Å². The standard InChI is InChI=1S/C15H20O4/c1-17-11-4-5-14-12(7-11)13(16)8-15(19-14)10-3-2-6-18-9-10/h4-5,7,10,13,15-16H,2-3,6,8-9H2,1H3. The number of hydrogen-bond donors (Lipinski definition) is 1. The lowest BCUT2D eigenvalue weighted by atomic mass is 9.88. The van der Waals surface area contributed by atoms with Gasteiger partial charge in [-0.1, -0.05) is 0 Å². The fourth-order valence-corrected chi connectivity index (χ4v) is 2.93. The second-order valence-corrected chi connectivity index (χ2v) is 5.29. The zero-order valence-corrected chi connectivity index (χ0v) is 11.2. The van der Waals surface area contributed by atoms with Crippen molar-refractivity contribution in [2.75, 3.05) is 20.3 Å². The number of aliphatic hydroxyl groups is 1. The van der Waals surface area contributed by atoms with Crippen molar-refractivity contribution in [2.24, 2.45) is 5.92 Å². The minimum atomic E-state index is -0.481. The molecule has 1 N–H and O–H groups in total. The van der Waals surface area contributed by atoms with Crippen molar-refractivity contribution >= 4 is 0 Å². The van der Waals surface area contributed by atoms with Crippen LogP contribution in [0.5, 0.6) is 11.5 Å². The first-order valence-corrected chi connectivity index (χ1v) is 6.88. The molecule has 0 aliphatic carbocycles. The number of ether oxygens (including phenoxy) is 3. The molecule has 1 fully saturated rings. The summed E-state index contributed by atoms with van der Waals surface area (Å²) < 4.78 is 16.7. The number of fused-ring (bicyclic) bond motifs is 1. The Hall–Kier alpha value is -1.26. The summed E-state index contributed by atoms with van der Waals surface area (Å²) in [5.41, 5.74) is 0.826. The molecule has 3 rings (SSSR count). The van der Waals surface area contributed by atoms with Crippen LogP contribution in [-0.2, 0) is 4.74 Å². The quantitative estimate of drug-likeness (QED) is 0.890. The van der Waals surface area contributed by atoms with E-state index < -0.39 is 6.10 Å². The molecule has 4 nitrogen and oxygen atoms in total. The van der Waals surface area contributed by atoms with Crippen molar-refractivity contribution in [1.82, 2.24) is 0 Å². The fraction of sp³-hybridized carbons (Fsp3) is 0.600. The molecule has 0 radical (unpaired) electrons. The predicted molar refractivity (Wildman–Crippen MR) is 70.5 cm³/mol. The highest BCUT2D eigenvalue weighted by Gasteiger charge is 2.33. The van der Waals surface area contributed by atoms with Crippen LogP contribution in [0.1, 0.15) is 30.9 Å². The van der Waals surface area contributed by atoms with Crippen LogP contribution in [0.15, 0.2) is 18.2 Å². The molecule has 2 heterocycles. The van der Waals surface area contributed by atoms with Gasteiger partial charge in [-0.25, -0.2) is 0 Å². The summed E-state index contributed by atoms with van der Waals surface area (Å²) in [6.45, 7) is 1.59. The molecule has 2 aliphatic heterocycles. The molecule has 1 aromatic rings. The van der Waals surface area contributed by atoms with Gasteiger partial charge >= 0.3 is 0 Å². The Morgan fingerprint density at radius 2 is 2.26 bits per heavy atom. The highest BCUT2D eigenvalue weighted by molar-refractivity contribution is 5.43. The van der Waals surface area contributed by atoms with Crippen LogP contribution in [0.3, 0.4) is 0 Å². The maximum atomic E-state index is 10.3. The number of aliphatic hydroxyl groups excluding tert-OH is 1. The molecule has 0 bridgehead atoms. The molecule has 3 atom stereocenters. The van der Waals surface area contributed by atoms with Crippen molar-refractivity contribution in [1.29, 1.82) is 0 Å². The lowest BCUT2D eigenvalue weighted by Gasteiger charge is -2.36. The Kier molecular flexibility index (Phi) is 3.62. The molecule has 19 heavy (non-hydrogen) atoms. The van der Waals surface area contributed by atoms with E-state index in [0.29, 0.717) is 12.3 Å².